The summed E-state index contributed by atoms with van der Waals surface area (Å²) in [4.78, 5) is 2.00. The third-order valence-corrected chi connectivity index (χ3v) is 2.67. The Bertz CT molecular complexity index is 320. The largest absolute Gasteiger partial charge is 0.383 e. The fraction of sp³-hybridized carbons (Fsp3) is 0.500. The summed E-state index contributed by atoms with van der Waals surface area (Å²) in [5.41, 5.74) is 6.34. The molecule has 90 valence electrons. The summed E-state index contributed by atoms with van der Waals surface area (Å²) in [6.07, 6.45) is 0. The van der Waals surface area contributed by atoms with Crippen molar-refractivity contribution in [2.45, 2.75) is 6.04 Å². The summed E-state index contributed by atoms with van der Waals surface area (Å²) in [6, 6.07) is 6.64. The van der Waals surface area contributed by atoms with Gasteiger partial charge in [0.2, 0.25) is 0 Å². The highest BCUT2D eigenvalue weighted by molar-refractivity contribution is 5.21. The van der Waals surface area contributed by atoms with Gasteiger partial charge in [-0.1, -0.05) is 18.2 Å². The summed E-state index contributed by atoms with van der Waals surface area (Å²) in [6.45, 7) is 1.73. The second-order valence-electron chi connectivity index (χ2n) is 3.75. The zero-order valence-corrected chi connectivity index (χ0v) is 9.82. The zero-order valence-electron chi connectivity index (χ0n) is 9.82. The molecule has 1 aromatic rings. The fourth-order valence-corrected chi connectivity index (χ4v) is 1.68. The van der Waals surface area contributed by atoms with Crippen molar-refractivity contribution in [3.8, 4) is 0 Å². The van der Waals surface area contributed by atoms with Gasteiger partial charge in [0, 0.05) is 31.8 Å². The maximum atomic E-state index is 13.6. The van der Waals surface area contributed by atoms with Crippen LogP contribution in [0, 0.1) is 5.82 Å². The Labute approximate surface area is 96.0 Å². The van der Waals surface area contributed by atoms with E-state index in [4.69, 9.17) is 10.5 Å². The number of ether oxygens (including phenoxy) is 1. The molecule has 4 heteroatoms. The van der Waals surface area contributed by atoms with Gasteiger partial charge in [0.25, 0.3) is 0 Å². The Hall–Kier alpha value is -0.970. The van der Waals surface area contributed by atoms with Crippen LogP contribution < -0.4 is 5.73 Å². The lowest BCUT2D eigenvalue weighted by Gasteiger charge is -2.27. The first kappa shape index (κ1) is 13.1. The monoisotopic (exact) mass is 226 g/mol. The van der Waals surface area contributed by atoms with Crippen LogP contribution in [0.1, 0.15) is 11.6 Å². The first-order chi connectivity index (χ1) is 7.70. The topological polar surface area (TPSA) is 38.5 Å². The van der Waals surface area contributed by atoms with Gasteiger partial charge in [0.1, 0.15) is 5.82 Å². The van der Waals surface area contributed by atoms with Crippen LogP contribution in [0.4, 0.5) is 4.39 Å². The first-order valence-corrected chi connectivity index (χ1v) is 5.34. The molecule has 0 amide bonds. The number of nitrogens with zero attached hydrogens (tertiary/aromatic N) is 1. The lowest BCUT2D eigenvalue weighted by Crippen LogP contribution is -2.33. The van der Waals surface area contributed by atoms with E-state index in [-0.39, 0.29) is 11.9 Å². The van der Waals surface area contributed by atoms with E-state index >= 15 is 0 Å². The van der Waals surface area contributed by atoms with E-state index < -0.39 is 0 Å². The molecule has 16 heavy (non-hydrogen) atoms. The van der Waals surface area contributed by atoms with Crippen LogP contribution in [-0.2, 0) is 4.74 Å². The molecule has 1 aromatic carbocycles. The highest BCUT2D eigenvalue weighted by Crippen LogP contribution is 2.20. The van der Waals surface area contributed by atoms with Gasteiger partial charge in [-0.3, -0.25) is 4.90 Å². The minimum Gasteiger partial charge on any atom is -0.383 e. The summed E-state index contributed by atoms with van der Waals surface area (Å²) < 4.78 is 18.6. The van der Waals surface area contributed by atoms with Crippen LogP contribution >= 0.6 is 0 Å². The summed E-state index contributed by atoms with van der Waals surface area (Å²) >= 11 is 0. The third-order valence-electron chi connectivity index (χ3n) is 2.67. The Morgan fingerprint density at radius 1 is 1.44 bits per heavy atom. The predicted molar refractivity (Wildman–Crippen MR) is 62.7 cm³/mol. The quantitative estimate of drug-likeness (QED) is 0.797. The average molecular weight is 226 g/mol. The van der Waals surface area contributed by atoms with E-state index in [1.807, 2.05) is 18.0 Å². The van der Waals surface area contributed by atoms with Gasteiger partial charge in [-0.2, -0.15) is 0 Å². The number of nitrogens with two attached hydrogens (primary N) is 1. The van der Waals surface area contributed by atoms with Crippen LogP contribution in [0.25, 0.3) is 0 Å². The van der Waals surface area contributed by atoms with E-state index in [1.54, 1.807) is 19.2 Å². The second kappa shape index (κ2) is 6.58. The molecular weight excluding hydrogens is 207 g/mol. The molecule has 0 fully saturated rings. The van der Waals surface area contributed by atoms with Crippen LogP contribution in [0.5, 0.6) is 0 Å². The number of benzene rings is 1. The van der Waals surface area contributed by atoms with Gasteiger partial charge in [-0.15, -0.1) is 0 Å². The summed E-state index contributed by atoms with van der Waals surface area (Å²) in [5, 5.41) is 0. The smallest absolute Gasteiger partial charge is 0.128 e. The van der Waals surface area contributed by atoms with Crippen molar-refractivity contribution in [3.05, 3.63) is 35.6 Å². The minimum atomic E-state index is -0.206. The van der Waals surface area contributed by atoms with Crippen LogP contribution in [0.3, 0.4) is 0 Å². The molecule has 0 bridgehead atoms. The first-order valence-electron chi connectivity index (χ1n) is 5.34. The maximum absolute atomic E-state index is 13.6. The van der Waals surface area contributed by atoms with Gasteiger partial charge in [0.05, 0.1) is 6.61 Å². The van der Waals surface area contributed by atoms with E-state index in [2.05, 4.69) is 0 Å². The van der Waals surface area contributed by atoms with E-state index in [0.717, 1.165) is 6.54 Å². The number of halogens is 1. The van der Waals surface area contributed by atoms with Crippen LogP contribution in [-0.4, -0.2) is 38.8 Å². The third kappa shape index (κ3) is 3.27. The Balaban J connectivity index is 2.77. The highest BCUT2D eigenvalue weighted by atomic mass is 19.1. The fourth-order valence-electron chi connectivity index (χ4n) is 1.68. The maximum Gasteiger partial charge on any atom is 0.128 e. The standard InChI is InChI=1S/C12H19FN2O/c1-15(7-8-16-2)12(9-14)10-5-3-4-6-11(10)13/h3-6,12H,7-9,14H2,1-2H3. The normalized spacial score (nSPS) is 13.1. The van der Waals surface area contributed by atoms with Crippen LogP contribution in [0.2, 0.25) is 0 Å². The lowest BCUT2D eigenvalue weighted by atomic mass is 10.1. The molecule has 0 aliphatic carbocycles. The summed E-state index contributed by atoms with van der Waals surface area (Å²) in [5.74, 6) is -0.206. The number of hydrogen-bond acceptors (Lipinski definition) is 3. The molecule has 1 rings (SSSR count). The minimum absolute atomic E-state index is 0.101. The Morgan fingerprint density at radius 3 is 2.69 bits per heavy atom. The molecule has 0 aliphatic rings. The molecule has 1 atom stereocenters. The average Bonchev–Trinajstić information content (AvgIpc) is 2.30. The van der Waals surface area contributed by atoms with Crippen molar-refractivity contribution < 1.29 is 9.13 Å². The Kier molecular flexibility index (Phi) is 5.38. The molecule has 2 N–H and O–H groups in total. The number of likely N-dealkylation sites (N-methyl/N-ethyl adjacent to an activating group) is 1. The molecule has 0 aliphatic heterocycles. The second-order valence-corrected chi connectivity index (χ2v) is 3.75. The molecule has 1 unspecified atom stereocenters. The molecule has 0 spiro atoms. The van der Waals surface area contributed by atoms with E-state index in [1.165, 1.54) is 6.07 Å². The number of methoxy groups -OCH3 is 1. The van der Waals surface area contributed by atoms with E-state index in [0.29, 0.717) is 18.7 Å². The lowest BCUT2D eigenvalue weighted by molar-refractivity contribution is 0.139. The molecule has 3 nitrogen and oxygen atoms in total. The van der Waals surface area contributed by atoms with Gasteiger partial charge in [-0.25, -0.2) is 4.39 Å². The SMILES string of the molecule is COCCN(C)C(CN)c1ccccc1F. The molecule has 0 aromatic heterocycles. The molecule has 0 radical (unpaired) electrons. The van der Waals surface area contributed by atoms with Gasteiger partial charge in [-0.05, 0) is 13.1 Å². The van der Waals surface area contributed by atoms with Crippen molar-refractivity contribution >= 4 is 0 Å². The molecule has 0 saturated carbocycles. The molecule has 0 saturated heterocycles. The molecule has 0 heterocycles. The number of rotatable bonds is 6. The van der Waals surface area contributed by atoms with E-state index in [9.17, 15) is 4.39 Å². The zero-order chi connectivity index (χ0) is 12.0. The van der Waals surface area contributed by atoms with Crippen LogP contribution in [0.15, 0.2) is 24.3 Å². The summed E-state index contributed by atoms with van der Waals surface area (Å²) in [7, 11) is 3.57. The molecular formula is C12H19FN2O. The van der Waals surface area contributed by atoms with Gasteiger partial charge in [0.15, 0.2) is 0 Å². The Morgan fingerprint density at radius 2 is 2.12 bits per heavy atom. The van der Waals surface area contributed by atoms with Crippen molar-refractivity contribution in [1.82, 2.24) is 4.90 Å². The van der Waals surface area contributed by atoms with Gasteiger partial charge >= 0.3 is 0 Å². The number of hydrogen-bond donors (Lipinski definition) is 1. The van der Waals surface area contributed by atoms with Crippen molar-refractivity contribution in [3.63, 3.8) is 0 Å². The highest BCUT2D eigenvalue weighted by Gasteiger charge is 2.17. The van der Waals surface area contributed by atoms with Crippen molar-refractivity contribution in [1.29, 1.82) is 0 Å². The predicted octanol–water partition coefficient (Wildman–Crippen LogP) is 1.40. The van der Waals surface area contributed by atoms with Crippen molar-refractivity contribution in [2.75, 3.05) is 33.9 Å². The van der Waals surface area contributed by atoms with Gasteiger partial charge < -0.3 is 10.5 Å². The van der Waals surface area contributed by atoms with Crippen molar-refractivity contribution in [2.24, 2.45) is 5.73 Å².